The number of amides is 2. The molecule has 0 aliphatic carbocycles. The van der Waals surface area contributed by atoms with Gasteiger partial charge in [0.15, 0.2) is 0 Å². The van der Waals surface area contributed by atoms with Crippen molar-refractivity contribution in [3.05, 3.63) is 54.1 Å². The van der Waals surface area contributed by atoms with E-state index in [9.17, 15) is 9.59 Å². The summed E-state index contributed by atoms with van der Waals surface area (Å²) in [7, 11) is 1.60. The Morgan fingerprint density at radius 3 is 2.39 bits per heavy atom. The number of hydrogen-bond donors (Lipinski definition) is 1. The number of likely N-dealkylation sites (tertiary alicyclic amines) is 1. The van der Waals surface area contributed by atoms with Gasteiger partial charge in [0.1, 0.15) is 11.5 Å². The van der Waals surface area contributed by atoms with E-state index in [0.29, 0.717) is 12.4 Å². The topological polar surface area (TPSA) is 85.1 Å². The maximum Gasteiger partial charge on any atom is 0.241 e. The first-order valence-corrected chi connectivity index (χ1v) is 10.7. The quantitative estimate of drug-likeness (QED) is 0.632. The predicted molar refractivity (Wildman–Crippen MR) is 120 cm³/mol. The molecular weight excluding hydrogens is 394 g/mol. The van der Waals surface area contributed by atoms with Gasteiger partial charge in [0, 0.05) is 24.7 Å². The molecule has 0 radical (unpaired) electrons. The van der Waals surface area contributed by atoms with Gasteiger partial charge in [-0.2, -0.15) is 0 Å². The zero-order valence-corrected chi connectivity index (χ0v) is 18.3. The van der Waals surface area contributed by atoms with E-state index in [1.54, 1.807) is 24.1 Å². The van der Waals surface area contributed by atoms with Gasteiger partial charge in [-0.25, -0.2) is 0 Å². The van der Waals surface area contributed by atoms with Crippen molar-refractivity contribution in [2.24, 2.45) is 5.73 Å². The number of hydrogen-bond acceptors (Lipinski definition) is 5. The highest BCUT2D eigenvalue weighted by Gasteiger charge is 2.29. The lowest BCUT2D eigenvalue weighted by Gasteiger charge is -2.29. The summed E-state index contributed by atoms with van der Waals surface area (Å²) < 4.78 is 10.7. The third-order valence-corrected chi connectivity index (χ3v) is 5.54. The summed E-state index contributed by atoms with van der Waals surface area (Å²) in [6, 6.07) is 15.6. The van der Waals surface area contributed by atoms with Gasteiger partial charge in [0.2, 0.25) is 11.8 Å². The lowest BCUT2D eigenvalue weighted by Crippen LogP contribution is -2.41. The number of carbonyl (C=O) groups excluding carboxylic acids is 2. The van der Waals surface area contributed by atoms with Gasteiger partial charge >= 0.3 is 0 Å². The van der Waals surface area contributed by atoms with Crippen LogP contribution in [0.3, 0.4) is 0 Å². The minimum absolute atomic E-state index is 0.0516. The van der Waals surface area contributed by atoms with Crippen LogP contribution in [0.25, 0.3) is 0 Å². The normalized spacial score (nSPS) is 16.1. The molecule has 1 aliphatic heterocycles. The summed E-state index contributed by atoms with van der Waals surface area (Å²) in [5.74, 6) is 1.08. The smallest absolute Gasteiger partial charge is 0.241 e. The van der Waals surface area contributed by atoms with Crippen LogP contribution in [-0.2, 0) is 9.59 Å². The number of anilines is 1. The third kappa shape index (κ3) is 5.98. The Morgan fingerprint density at radius 2 is 1.77 bits per heavy atom. The molecule has 166 valence electrons. The van der Waals surface area contributed by atoms with E-state index < -0.39 is 5.91 Å². The molecule has 1 aliphatic rings. The van der Waals surface area contributed by atoms with Crippen LogP contribution in [0.2, 0.25) is 0 Å². The highest BCUT2D eigenvalue weighted by atomic mass is 16.5. The Morgan fingerprint density at radius 1 is 1.10 bits per heavy atom. The molecule has 2 aromatic carbocycles. The van der Waals surface area contributed by atoms with Crippen LogP contribution in [0.4, 0.5) is 5.69 Å². The Balaban J connectivity index is 1.73. The fourth-order valence-corrected chi connectivity index (χ4v) is 3.99. The molecule has 1 atom stereocenters. The van der Waals surface area contributed by atoms with E-state index in [2.05, 4.69) is 17.0 Å². The minimum atomic E-state index is -0.431. The second-order valence-electron chi connectivity index (χ2n) is 7.59. The van der Waals surface area contributed by atoms with Gasteiger partial charge in [-0.1, -0.05) is 12.1 Å². The van der Waals surface area contributed by atoms with Crippen molar-refractivity contribution < 1.29 is 19.1 Å². The average Bonchev–Trinajstić information content (AvgIpc) is 3.23. The summed E-state index contributed by atoms with van der Waals surface area (Å²) in [6.07, 6.45) is 2.15. The lowest BCUT2D eigenvalue weighted by molar-refractivity contribution is -0.120. The Kier molecular flexibility index (Phi) is 7.89. The molecule has 3 rings (SSSR count). The van der Waals surface area contributed by atoms with E-state index in [-0.39, 0.29) is 31.5 Å². The van der Waals surface area contributed by atoms with Crippen LogP contribution in [0.5, 0.6) is 11.5 Å². The molecule has 0 aromatic heterocycles. The van der Waals surface area contributed by atoms with Crippen molar-refractivity contribution in [3.8, 4) is 11.5 Å². The maximum absolute atomic E-state index is 13.3. The van der Waals surface area contributed by atoms with Crippen molar-refractivity contribution in [2.45, 2.75) is 32.2 Å². The van der Waals surface area contributed by atoms with Gasteiger partial charge in [-0.3, -0.25) is 14.5 Å². The number of methoxy groups -OCH3 is 1. The molecule has 0 unspecified atom stereocenters. The molecule has 0 saturated carbocycles. The van der Waals surface area contributed by atoms with E-state index in [1.807, 2.05) is 31.2 Å². The fourth-order valence-electron chi connectivity index (χ4n) is 3.99. The van der Waals surface area contributed by atoms with Gasteiger partial charge < -0.3 is 20.1 Å². The zero-order chi connectivity index (χ0) is 22.2. The summed E-state index contributed by atoms with van der Waals surface area (Å²) in [4.78, 5) is 28.5. The molecule has 1 saturated heterocycles. The van der Waals surface area contributed by atoms with Crippen LogP contribution >= 0.6 is 0 Å². The molecular formula is C24H31N3O4. The first kappa shape index (κ1) is 22.6. The summed E-state index contributed by atoms with van der Waals surface area (Å²) in [6.45, 7) is 3.99. The number of carbonyl (C=O) groups is 2. The first-order valence-electron chi connectivity index (χ1n) is 10.7. The summed E-state index contributed by atoms with van der Waals surface area (Å²) in [5.41, 5.74) is 7.25. The molecule has 2 amide bonds. The van der Waals surface area contributed by atoms with Gasteiger partial charge in [0.05, 0.1) is 20.3 Å². The highest BCUT2D eigenvalue weighted by Crippen LogP contribution is 2.33. The molecule has 0 bridgehead atoms. The maximum atomic E-state index is 13.3. The number of nitrogens with zero attached hydrogens (tertiary/aromatic N) is 2. The van der Waals surface area contributed by atoms with Crippen molar-refractivity contribution >= 4 is 17.5 Å². The molecule has 31 heavy (non-hydrogen) atoms. The minimum Gasteiger partial charge on any atom is -0.497 e. The Bertz CT molecular complexity index is 867. The number of primary amides is 1. The van der Waals surface area contributed by atoms with Crippen LogP contribution < -0.4 is 20.1 Å². The van der Waals surface area contributed by atoms with E-state index in [0.717, 1.165) is 30.8 Å². The van der Waals surface area contributed by atoms with Gasteiger partial charge in [0.25, 0.3) is 0 Å². The fraction of sp³-hybridized carbons (Fsp3) is 0.417. The van der Waals surface area contributed by atoms with Crippen LogP contribution in [0.1, 0.15) is 37.8 Å². The second kappa shape index (κ2) is 10.8. The number of rotatable bonds is 10. The summed E-state index contributed by atoms with van der Waals surface area (Å²) in [5, 5.41) is 0. The van der Waals surface area contributed by atoms with E-state index in [4.69, 9.17) is 15.2 Å². The standard InChI is InChI=1S/C24H31N3O4/c1-3-31-21-10-6-18(7-11-21)22-5-4-15-26(22)17-24(29)27(16-14-23(25)28)19-8-12-20(30-2)13-9-19/h6-13,22H,3-5,14-17H2,1-2H3,(H2,25,28)/t22-/m1/s1. The van der Waals surface area contributed by atoms with E-state index in [1.165, 1.54) is 5.56 Å². The van der Waals surface area contributed by atoms with Gasteiger partial charge in [-0.05, 0) is 68.3 Å². The SMILES string of the molecule is CCOc1ccc([C@H]2CCCN2CC(=O)N(CCC(N)=O)c2ccc(OC)cc2)cc1. The monoisotopic (exact) mass is 425 g/mol. The second-order valence-corrected chi connectivity index (χ2v) is 7.59. The molecule has 1 heterocycles. The molecule has 2 N–H and O–H groups in total. The van der Waals surface area contributed by atoms with Crippen molar-refractivity contribution in [3.63, 3.8) is 0 Å². The number of nitrogens with two attached hydrogens (primary N) is 1. The van der Waals surface area contributed by atoms with Crippen LogP contribution in [0.15, 0.2) is 48.5 Å². The Hall–Kier alpha value is -3.06. The largest absolute Gasteiger partial charge is 0.497 e. The van der Waals surface area contributed by atoms with Crippen LogP contribution in [-0.4, -0.2) is 50.1 Å². The van der Waals surface area contributed by atoms with Gasteiger partial charge in [-0.15, -0.1) is 0 Å². The first-order chi connectivity index (χ1) is 15.0. The molecule has 1 fully saturated rings. The van der Waals surface area contributed by atoms with Crippen molar-refractivity contribution in [1.29, 1.82) is 0 Å². The molecule has 2 aromatic rings. The Labute approximate surface area is 183 Å². The number of benzene rings is 2. The van der Waals surface area contributed by atoms with Crippen LogP contribution in [0, 0.1) is 0 Å². The molecule has 7 heteroatoms. The summed E-state index contributed by atoms with van der Waals surface area (Å²) >= 11 is 0. The lowest BCUT2D eigenvalue weighted by atomic mass is 10.0. The average molecular weight is 426 g/mol. The molecule has 7 nitrogen and oxygen atoms in total. The zero-order valence-electron chi connectivity index (χ0n) is 18.3. The van der Waals surface area contributed by atoms with E-state index >= 15 is 0 Å². The molecule has 0 spiro atoms. The van der Waals surface area contributed by atoms with Crippen molar-refractivity contribution in [1.82, 2.24) is 4.90 Å². The third-order valence-electron chi connectivity index (χ3n) is 5.54. The highest BCUT2D eigenvalue weighted by molar-refractivity contribution is 5.95. The number of ether oxygens (including phenoxy) is 2. The predicted octanol–water partition coefficient (Wildman–Crippen LogP) is 3.14. The van der Waals surface area contributed by atoms with Crippen molar-refractivity contribution in [2.75, 3.05) is 38.3 Å².